The van der Waals surface area contributed by atoms with Gasteiger partial charge in [-0.2, -0.15) is 4.98 Å². The van der Waals surface area contributed by atoms with Crippen LogP contribution >= 0.6 is 0 Å². The van der Waals surface area contributed by atoms with Crippen molar-refractivity contribution in [2.45, 2.75) is 6.92 Å². The zero-order chi connectivity index (χ0) is 25.0. The molecule has 3 aromatic heterocycles. The topological polar surface area (TPSA) is 138 Å². The predicted octanol–water partition coefficient (Wildman–Crippen LogP) is 2.21. The van der Waals surface area contributed by atoms with Gasteiger partial charge >= 0.3 is 5.69 Å². The van der Waals surface area contributed by atoms with Crippen molar-refractivity contribution in [1.82, 2.24) is 23.1 Å². The number of anilines is 1. The van der Waals surface area contributed by atoms with E-state index in [1.165, 1.54) is 30.7 Å². The van der Waals surface area contributed by atoms with E-state index in [0.717, 1.165) is 4.57 Å². The Kier molecular flexibility index (Phi) is 4.86. The highest BCUT2D eigenvalue weighted by Gasteiger charge is 2.22. The first-order valence-electron chi connectivity index (χ1n) is 10.5. The fraction of sp³-hybridized carbons (Fsp3) is 0.130. The molecule has 176 valence electrons. The number of carbonyl (C=O) groups is 1. The number of hydrogen-bond donors (Lipinski definition) is 1. The van der Waals surface area contributed by atoms with Crippen molar-refractivity contribution in [3.8, 4) is 16.9 Å². The average molecular weight is 473 g/mol. The van der Waals surface area contributed by atoms with Gasteiger partial charge in [0.25, 0.3) is 11.2 Å². The number of aryl methyl sites for hydroxylation is 1. The van der Waals surface area contributed by atoms with Crippen LogP contribution in [0.4, 0.5) is 11.4 Å². The lowest BCUT2D eigenvalue weighted by Crippen LogP contribution is -2.37. The number of nitro benzene ring substituents is 1. The summed E-state index contributed by atoms with van der Waals surface area (Å²) >= 11 is 0. The number of carbonyl (C=O) groups excluding carboxylic acids is 1. The molecule has 12 heteroatoms. The molecular formula is C23H19N7O5. The smallest absolute Gasteiger partial charge is 0.326 e. The van der Waals surface area contributed by atoms with Crippen molar-refractivity contribution in [3.63, 3.8) is 0 Å². The number of benzene rings is 2. The molecular weight excluding hydrogens is 454 g/mol. The molecule has 2 aromatic carbocycles. The summed E-state index contributed by atoms with van der Waals surface area (Å²) in [6, 6.07) is 13.0. The first-order valence-corrected chi connectivity index (χ1v) is 10.5. The van der Waals surface area contributed by atoms with Gasteiger partial charge in [0.2, 0.25) is 11.7 Å². The van der Waals surface area contributed by atoms with E-state index >= 15 is 0 Å². The zero-order valence-electron chi connectivity index (χ0n) is 18.9. The van der Waals surface area contributed by atoms with Crippen LogP contribution in [-0.4, -0.2) is 33.9 Å². The van der Waals surface area contributed by atoms with Crippen molar-refractivity contribution < 1.29 is 9.72 Å². The summed E-state index contributed by atoms with van der Waals surface area (Å²) in [6.07, 6.45) is 1.71. The molecule has 0 radical (unpaired) electrons. The molecule has 0 saturated carbocycles. The van der Waals surface area contributed by atoms with E-state index in [2.05, 4.69) is 10.3 Å². The second-order valence-electron chi connectivity index (χ2n) is 8.04. The highest BCUT2D eigenvalue weighted by molar-refractivity contribution is 5.88. The molecule has 1 N–H and O–H groups in total. The highest BCUT2D eigenvalue weighted by atomic mass is 16.6. The molecule has 35 heavy (non-hydrogen) atoms. The van der Waals surface area contributed by atoms with E-state index < -0.39 is 16.2 Å². The van der Waals surface area contributed by atoms with Crippen molar-refractivity contribution in [2.75, 3.05) is 5.32 Å². The molecule has 12 nitrogen and oxygen atoms in total. The van der Waals surface area contributed by atoms with Gasteiger partial charge < -0.3 is 5.32 Å². The lowest BCUT2D eigenvalue weighted by Gasteiger charge is -2.10. The summed E-state index contributed by atoms with van der Waals surface area (Å²) in [4.78, 5) is 52.1. The molecule has 0 bridgehead atoms. The van der Waals surface area contributed by atoms with Crippen LogP contribution in [-0.2, 0) is 18.9 Å². The number of fused-ring (bicyclic) bond motifs is 3. The van der Waals surface area contributed by atoms with Crippen LogP contribution in [0.15, 0.2) is 64.3 Å². The van der Waals surface area contributed by atoms with E-state index in [4.69, 9.17) is 0 Å². The molecule has 0 spiro atoms. The van der Waals surface area contributed by atoms with Gasteiger partial charge in [-0.1, -0.05) is 0 Å². The normalized spacial score (nSPS) is 11.3. The SMILES string of the molecule is CC(=O)Nc1ccc(-n2c(-c3ccc([N+](=O)[O-])cc3)cn3c4c(=O)n(C)c(=O)n(C)c4nc23)cc1. The summed E-state index contributed by atoms with van der Waals surface area (Å²) < 4.78 is 5.71. The molecule has 5 rings (SSSR count). The zero-order valence-corrected chi connectivity index (χ0v) is 18.9. The van der Waals surface area contributed by atoms with Crippen LogP contribution in [0.1, 0.15) is 6.92 Å². The molecule has 0 aliphatic heterocycles. The second-order valence-corrected chi connectivity index (χ2v) is 8.04. The van der Waals surface area contributed by atoms with Gasteiger partial charge in [-0.15, -0.1) is 0 Å². The van der Waals surface area contributed by atoms with Crippen molar-refractivity contribution >= 4 is 34.2 Å². The minimum atomic E-state index is -0.496. The fourth-order valence-corrected chi connectivity index (χ4v) is 4.08. The second kappa shape index (κ2) is 7.80. The Morgan fingerprint density at radius 2 is 1.66 bits per heavy atom. The van der Waals surface area contributed by atoms with Gasteiger partial charge in [-0.05, 0) is 36.4 Å². The Balaban J connectivity index is 1.83. The van der Waals surface area contributed by atoms with Gasteiger partial charge in [-0.3, -0.25) is 37.8 Å². The number of imidazole rings is 2. The number of nitrogens with one attached hydrogen (secondary N) is 1. The lowest BCUT2D eigenvalue weighted by atomic mass is 10.1. The largest absolute Gasteiger partial charge is 0.332 e. The van der Waals surface area contributed by atoms with Gasteiger partial charge in [0.15, 0.2) is 11.2 Å². The van der Waals surface area contributed by atoms with Crippen LogP contribution in [0.3, 0.4) is 0 Å². The third kappa shape index (κ3) is 3.39. The van der Waals surface area contributed by atoms with E-state index in [1.54, 1.807) is 58.6 Å². The molecule has 3 heterocycles. The number of aromatic nitrogens is 5. The summed E-state index contributed by atoms with van der Waals surface area (Å²) in [5.41, 5.74) is 1.95. The molecule has 0 atom stereocenters. The first kappa shape index (κ1) is 21.8. The van der Waals surface area contributed by atoms with Crippen LogP contribution in [0, 0.1) is 10.1 Å². The Labute approximate surface area is 196 Å². The molecule has 5 aromatic rings. The van der Waals surface area contributed by atoms with Crippen molar-refractivity contribution in [3.05, 3.63) is 85.7 Å². The van der Waals surface area contributed by atoms with Crippen molar-refractivity contribution in [2.24, 2.45) is 14.1 Å². The monoisotopic (exact) mass is 473 g/mol. The van der Waals surface area contributed by atoms with Crippen molar-refractivity contribution in [1.29, 1.82) is 0 Å². The maximum absolute atomic E-state index is 13.0. The summed E-state index contributed by atoms with van der Waals surface area (Å²) in [5, 5.41) is 13.8. The third-order valence-electron chi connectivity index (χ3n) is 5.78. The average Bonchev–Trinajstić information content (AvgIpc) is 3.38. The van der Waals surface area contributed by atoms with Crippen LogP contribution in [0.25, 0.3) is 33.9 Å². The summed E-state index contributed by atoms with van der Waals surface area (Å²) in [7, 11) is 2.94. The van der Waals surface area contributed by atoms with E-state index in [1.807, 2.05) is 0 Å². The van der Waals surface area contributed by atoms with Crippen LogP contribution < -0.4 is 16.6 Å². The van der Waals surface area contributed by atoms with Crippen LogP contribution in [0.2, 0.25) is 0 Å². The Morgan fingerprint density at radius 3 is 2.26 bits per heavy atom. The summed E-state index contributed by atoms with van der Waals surface area (Å²) in [6.45, 7) is 1.41. The van der Waals surface area contributed by atoms with Gasteiger partial charge in [0.1, 0.15) is 0 Å². The number of non-ortho nitro benzene ring substituents is 1. The molecule has 0 saturated heterocycles. The van der Waals surface area contributed by atoms with E-state index in [-0.39, 0.29) is 22.8 Å². The van der Waals surface area contributed by atoms with Crippen LogP contribution in [0.5, 0.6) is 0 Å². The standard InChI is InChI=1S/C23H19N7O5/c1-13(31)24-15-6-10-16(11-7-15)29-18(14-4-8-17(9-5-14)30(34)35)12-28-19-20(25-22(28)29)26(2)23(33)27(3)21(19)32/h4-12H,1-3H3,(H,24,31). The maximum atomic E-state index is 13.0. The number of hydrogen-bond acceptors (Lipinski definition) is 6. The van der Waals surface area contributed by atoms with E-state index in [9.17, 15) is 24.5 Å². The minimum Gasteiger partial charge on any atom is -0.326 e. The summed E-state index contributed by atoms with van der Waals surface area (Å²) in [5.74, 6) is 0.169. The Bertz CT molecular complexity index is 1770. The molecule has 0 aliphatic carbocycles. The lowest BCUT2D eigenvalue weighted by molar-refractivity contribution is -0.384. The molecule has 1 amide bonds. The maximum Gasteiger partial charge on any atom is 0.332 e. The van der Waals surface area contributed by atoms with Gasteiger partial charge in [0.05, 0.1) is 10.6 Å². The van der Waals surface area contributed by atoms with Gasteiger partial charge in [-0.25, -0.2) is 4.79 Å². The Hall–Kier alpha value is -5.00. The highest BCUT2D eigenvalue weighted by Crippen LogP contribution is 2.30. The fourth-order valence-electron chi connectivity index (χ4n) is 4.08. The van der Waals surface area contributed by atoms with Gasteiger partial charge in [0, 0.05) is 56.3 Å². The number of nitrogens with zero attached hydrogens (tertiary/aromatic N) is 6. The number of nitro groups is 1. The minimum absolute atomic E-state index is 0.0504. The first-order chi connectivity index (χ1) is 16.7. The third-order valence-corrected chi connectivity index (χ3v) is 5.78. The van der Waals surface area contributed by atoms with E-state index in [0.29, 0.717) is 28.4 Å². The molecule has 0 fully saturated rings. The number of rotatable bonds is 4. The quantitative estimate of drug-likeness (QED) is 0.314. The molecule has 0 unspecified atom stereocenters. The number of amides is 1. The Morgan fingerprint density at radius 1 is 1.00 bits per heavy atom. The molecule has 0 aliphatic rings. The predicted molar refractivity (Wildman–Crippen MR) is 129 cm³/mol.